The lowest BCUT2D eigenvalue weighted by molar-refractivity contribution is 0.0161. The van der Waals surface area contributed by atoms with Crippen molar-refractivity contribution in [3.05, 3.63) is 70.3 Å². The third kappa shape index (κ3) is 5.28. The summed E-state index contributed by atoms with van der Waals surface area (Å²) in [6.07, 6.45) is 8.27. The van der Waals surface area contributed by atoms with Crippen molar-refractivity contribution in [3.8, 4) is 11.8 Å². The Morgan fingerprint density at radius 1 is 1.18 bits per heavy atom. The Bertz CT molecular complexity index is 1440. The van der Waals surface area contributed by atoms with Crippen LogP contribution in [0.1, 0.15) is 60.9 Å². The molecule has 5 rings (SSSR count). The van der Waals surface area contributed by atoms with Gasteiger partial charge in [-0.15, -0.1) is 0 Å². The molecule has 213 valence electrons. The van der Waals surface area contributed by atoms with Gasteiger partial charge in [0.05, 0.1) is 11.6 Å². The number of hydrogen-bond acceptors (Lipinski definition) is 6. The van der Waals surface area contributed by atoms with Crippen LogP contribution in [0.3, 0.4) is 0 Å². The fraction of sp³-hybridized carbons (Fsp3) is 0.516. The third-order valence-electron chi connectivity index (χ3n) is 8.79. The van der Waals surface area contributed by atoms with Gasteiger partial charge in [-0.05, 0) is 98.8 Å². The van der Waals surface area contributed by atoms with E-state index in [4.69, 9.17) is 14.3 Å². The first kappa shape index (κ1) is 29.0. The number of rotatable bonds is 7. The van der Waals surface area contributed by atoms with Crippen LogP contribution in [0.2, 0.25) is 13.1 Å². The van der Waals surface area contributed by atoms with E-state index >= 15 is 0 Å². The number of nitrogens with one attached hydrogen (secondary N) is 1. The summed E-state index contributed by atoms with van der Waals surface area (Å²) in [5, 5.41) is 19.0. The molecule has 2 aromatic rings. The number of aryl methyl sites for hydroxylation is 1. The maximum absolute atomic E-state index is 13.9. The summed E-state index contributed by atoms with van der Waals surface area (Å²) in [6, 6.07) is 13.7. The molecule has 1 fully saturated rings. The van der Waals surface area contributed by atoms with Gasteiger partial charge in [-0.1, -0.05) is 32.1 Å². The van der Waals surface area contributed by atoms with E-state index in [9.17, 15) is 13.7 Å². The summed E-state index contributed by atoms with van der Waals surface area (Å²) in [5.74, 6) is 0.385. The SMILES string of the molecule is CC(C)[C@H]([C@@H]1CCc2cc(C#N)ccc2C1)C(O[Si](C)C)(c1ccc2c(c1)C=CC1(CCNCC1)O2)S(N)(=O)=O. The standard InChI is InChI=1S/C31H40N3O4SSi/c1-21(2)29(26-8-7-23-17-22(20-32)5-6-24(23)18-26)31(38-40(3)4,39(33,35)36)27-9-10-28-25(19-27)11-12-30(37-28)13-15-34-16-14-30/h5-6,9-12,17,19,21,26,29,34H,7-8,13-16,18H2,1-4H3,(H2,33,35,36)/t26-,29-,31?/m1/s1. The summed E-state index contributed by atoms with van der Waals surface area (Å²) in [4.78, 5) is -1.69. The van der Waals surface area contributed by atoms with E-state index < -0.39 is 24.0 Å². The summed E-state index contributed by atoms with van der Waals surface area (Å²) in [5.41, 5.74) is 4.08. The number of nitrogens with zero attached hydrogens (tertiary/aromatic N) is 1. The molecule has 3 aliphatic rings. The number of nitrogens with two attached hydrogens (primary N) is 1. The summed E-state index contributed by atoms with van der Waals surface area (Å²) in [7, 11) is -5.72. The minimum absolute atomic E-state index is 0.0227. The average Bonchev–Trinajstić information content (AvgIpc) is 2.91. The predicted molar refractivity (Wildman–Crippen MR) is 159 cm³/mol. The average molecular weight is 579 g/mol. The second-order valence-corrected chi connectivity index (χ2v) is 15.8. The summed E-state index contributed by atoms with van der Waals surface area (Å²) >= 11 is 0. The molecule has 2 aromatic carbocycles. The maximum atomic E-state index is 13.9. The van der Waals surface area contributed by atoms with Crippen molar-refractivity contribution in [1.29, 1.82) is 5.26 Å². The zero-order valence-electron chi connectivity index (χ0n) is 23.9. The van der Waals surface area contributed by atoms with Crippen LogP contribution in [0, 0.1) is 29.1 Å². The first-order valence-electron chi connectivity index (χ1n) is 14.2. The van der Waals surface area contributed by atoms with Crippen molar-refractivity contribution in [2.24, 2.45) is 22.9 Å². The van der Waals surface area contributed by atoms with E-state index in [0.29, 0.717) is 17.5 Å². The van der Waals surface area contributed by atoms with Gasteiger partial charge in [0, 0.05) is 29.9 Å². The van der Waals surface area contributed by atoms with E-state index in [-0.39, 0.29) is 23.4 Å². The number of sulfonamides is 1. The fourth-order valence-corrected chi connectivity index (χ4v) is 10.2. The molecular weight excluding hydrogens is 539 g/mol. The molecule has 0 aromatic heterocycles. The quantitative estimate of drug-likeness (QED) is 0.453. The second kappa shape index (κ2) is 11.1. The molecule has 7 nitrogen and oxygen atoms in total. The molecule has 1 saturated heterocycles. The Balaban J connectivity index is 1.60. The van der Waals surface area contributed by atoms with E-state index in [1.54, 1.807) is 0 Å². The van der Waals surface area contributed by atoms with Gasteiger partial charge in [0.2, 0.25) is 24.0 Å². The number of hydrogen-bond donors (Lipinski definition) is 2. The van der Waals surface area contributed by atoms with Gasteiger partial charge < -0.3 is 14.5 Å². The Morgan fingerprint density at radius 3 is 2.58 bits per heavy atom. The monoisotopic (exact) mass is 578 g/mol. The summed E-state index contributed by atoms with van der Waals surface area (Å²) < 4.78 is 41.0. The van der Waals surface area contributed by atoms with Crippen molar-refractivity contribution >= 4 is 25.1 Å². The molecular formula is C31H40N3O4SSi. The van der Waals surface area contributed by atoms with Crippen LogP contribution in [-0.4, -0.2) is 36.1 Å². The van der Waals surface area contributed by atoms with Gasteiger partial charge in [0.1, 0.15) is 11.4 Å². The highest BCUT2D eigenvalue weighted by Crippen LogP contribution is 2.50. The molecule has 3 atom stereocenters. The van der Waals surface area contributed by atoms with Gasteiger partial charge in [-0.3, -0.25) is 0 Å². The lowest BCUT2D eigenvalue weighted by Gasteiger charge is -2.47. The smallest absolute Gasteiger partial charge is 0.242 e. The normalized spacial score (nSPS) is 22.2. The molecule has 0 bridgehead atoms. The molecule has 0 saturated carbocycles. The minimum atomic E-state index is -4.22. The number of ether oxygens (including phenoxy) is 1. The van der Waals surface area contributed by atoms with Crippen LogP contribution in [0.25, 0.3) is 6.08 Å². The first-order chi connectivity index (χ1) is 19.0. The van der Waals surface area contributed by atoms with Gasteiger partial charge >= 0.3 is 0 Å². The largest absolute Gasteiger partial charge is 0.482 e. The molecule has 1 unspecified atom stereocenters. The first-order valence-corrected chi connectivity index (χ1v) is 18.2. The molecule has 1 spiro atoms. The molecule has 2 aliphatic heterocycles. The maximum Gasteiger partial charge on any atom is 0.242 e. The molecule has 3 N–H and O–H groups in total. The highest BCUT2D eigenvalue weighted by atomic mass is 32.2. The zero-order valence-corrected chi connectivity index (χ0v) is 25.7. The van der Waals surface area contributed by atoms with Gasteiger partial charge in [-0.2, -0.15) is 5.26 Å². The van der Waals surface area contributed by atoms with Crippen LogP contribution in [-0.2, 0) is 32.2 Å². The predicted octanol–water partition coefficient (Wildman–Crippen LogP) is 4.87. The van der Waals surface area contributed by atoms with Crippen LogP contribution in [0.5, 0.6) is 5.75 Å². The summed E-state index contributed by atoms with van der Waals surface area (Å²) in [6.45, 7) is 9.87. The van der Waals surface area contributed by atoms with Crippen molar-refractivity contribution in [3.63, 3.8) is 0 Å². The van der Waals surface area contributed by atoms with Gasteiger partial charge in [-0.25, -0.2) is 13.6 Å². The van der Waals surface area contributed by atoms with Crippen molar-refractivity contribution in [2.45, 2.75) is 69.6 Å². The Morgan fingerprint density at radius 2 is 1.93 bits per heavy atom. The third-order valence-corrected chi connectivity index (χ3v) is 11.1. The number of fused-ring (bicyclic) bond motifs is 2. The number of piperidine rings is 1. The van der Waals surface area contributed by atoms with Gasteiger partial charge in [0.15, 0.2) is 0 Å². The van der Waals surface area contributed by atoms with E-state index in [1.165, 1.54) is 5.56 Å². The molecule has 1 radical (unpaired) electrons. The van der Waals surface area contributed by atoms with Crippen LogP contribution in [0.4, 0.5) is 0 Å². The Labute approximate surface area is 240 Å². The molecule has 1 aliphatic carbocycles. The fourth-order valence-electron chi connectivity index (χ4n) is 7.09. The van der Waals surface area contributed by atoms with Crippen LogP contribution in [0.15, 0.2) is 42.5 Å². The minimum Gasteiger partial charge on any atom is -0.482 e. The van der Waals surface area contributed by atoms with E-state index in [1.807, 2.05) is 49.5 Å². The van der Waals surface area contributed by atoms with Gasteiger partial charge in [0.25, 0.3) is 0 Å². The van der Waals surface area contributed by atoms with Crippen LogP contribution >= 0.6 is 0 Å². The highest BCUT2D eigenvalue weighted by Gasteiger charge is 2.56. The van der Waals surface area contributed by atoms with Crippen molar-refractivity contribution in [2.75, 3.05) is 13.1 Å². The molecule has 2 heterocycles. The van der Waals surface area contributed by atoms with Crippen molar-refractivity contribution in [1.82, 2.24) is 5.32 Å². The zero-order chi connectivity index (χ0) is 28.7. The topological polar surface area (TPSA) is 114 Å². The number of benzene rings is 2. The van der Waals surface area contributed by atoms with Crippen LogP contribution < -0.4 is 15.2 Å². The number of primary sulfonamides is 1. The second-order valence-electron chi connectivity index (χ2n) is 12.1. The van der Waals surface area contributed by atoms with Crippen molar-refractivity contribution < 1.29 is 17.6 Å². The number of nitriles is 1. The molecule has 0 amide bonds. The lowest BCUT2D eigenvalue weighted by Crippen LogP contribution is -2.55. The molecule has 40 heavy (non-hydrogen) atoms. The van der Waals surface area contributed by atoms with E-state index in [0.717, 1.165) is 55.6 Å². The Hall–Kier alpha value is -2.48. The highest BCUT2D eigenvalue weighted by molar-refractivity contribution is 7.90. The van der Waals surface area contributed by atoms with E-state index in [2.05, 4.69) is 37.4 Å². The molecule has 9 heteroatoms. The lowest BCUT2D eigenvalue weighted by atomic mass is 9.69. The Kier molecular flexibility index (Phi) is 8.03.